The van der Waals surface area contributed by atoms with Crippen molar-refractivity contribution in [2.75, 3.05) is 23.3 Å². The van der Waals surface area contributed by atoms with Gasteiger partial charge in [-0.2, -0.15) is 0 Å². The van der Waals surface area contributed by atoms with Crippen LogP contribution in [0.1, 0.15) is 52.9 Å². The Hall–Kier alpha value is -2.57. The third-order valence-electron chi connectivity index (χ3n) is 5.30. The number of hydrogen-bond donors (Lipinski definition) is 2. The van der Waals surface area contributed by atoms with Gasteiger partial charge in [-0.3, -0.25) is 19.7 Å². The largest absolute Gasteiger partial charge is 0.460 e. The minimum Gasteiger partial charge on any atom is -0.460 e. The van der Waals surface area contributed by atoms with Gasteiger partial charge in [0.25, 0.3) is 0 Å². The van der Waals surface area contributed by atoms with E-state index >= 15 is 0 Å². The number of benzene rings is 1. The molecule has 2 heterocycles. The number of amides is 2. The molecular weight excluding hydrogens is 370 g/mol. The first-order valence-corrected chi connectivity index (χ1v) is 10.4. The molecule has 0 saturated carbocycles. The Morgan fingerprint density at radius 3 is 2.38 bits per heavy atom. The highest BCUT2D eigenvalue weighted by Gasteiger charge is 2.27. The van der Waals surface area contributed by atoms with E-state index in [4.69, 9.17) is 4.74 Å². The maximum atomic E-state index is 12.0. The summed E-state index contributed by atoms with van der Waals surface area (Å²) in [6.45, 7) is 7.51. The molecule has 29 heavy (non-hydrogen) atoms. The van der Waals surface area contributed by atoms with Crippen molar-refractivity contribution in [3.05, 3.63) is 24.3 Å². The minimum atomic E-state index is -0.429. The zero-order chi connectivity index (χ0) is 21.0. The Morgan fingerprint density at radius 2 is 1.79 bits per heavy atom. The van der Waals surface area contributed by atoms with Crippen LogP contribution in [0.3, 0.4) is 0 Å². The molecule has 1 atom stereocenters. The highest BCUT2D eigenvalue weighted by Crippen LogP contribution is 2.27. The number of esters is 1. The van der Waals surface area contributed by atoms with E-state index in [0.29, 0.717) is 25.2 Å². The molecule has 2 N–H and O–H groups in total. The van der Waals surface area contributed by atoms with Gasteiger partial charge in [0, 0.05) is 37.3 Å². The number of hydrogen-bond acceptors (Lipinski definition) is 6. The van der Waals surface area contributed by atoms with Gasteiger partial charge in [0.05, 0.1) is 0 Å². The van der Waals surface area contributed by atoms with Crippen molar-refractivity contribution in [3.63, 3.8) is 0 Å². The third kappa shape index (κ3) is 6.21. The molecule has 1 aromatic carbocycles. The predicted octanol–water partition coefficient (Wildman–Crippen LogP) is 2.85. The van der Waals surface area contributed by atoms with Crippen molar-refractivity contribution in [1.29, 1.82) is 0 Å². The summed E-state index contributed by atoms with van der Waals surface area (Å²) in [5.41, 5.74) is 1.57. The summed E-state index contributed by atoms with van der Waals surface area (Å²) >= 11 is 0. The molecule has 0 radical (unpaired) electrons. The molecule has 2 aliphatic heterocycles. The quantitative estimate of drug-likeness (QED) is 0.583. The molecule has 0 aromatic heterocycles. The van der Waals surface area contributed by atoms with E-state index in [-0.39, 0.29) is 23.8 Å². The van der Waals surface area contributed by atoms with E-state index in [1.807, 2.05) is 45.0 Å². The molecule has 2 fully saturated rings. The minimum absolute atomic E-state index is 0.111. The van der Waals surface area contributed by atoms with Gasteiger partial charge < -0.3 is 15.0 Å². The summed E-state index contributed by atoms with van der Waals surface area (Å²) in [4.78, 5) is 37.5. The smallest absolute Gasteiger partial charge is 0.306 e. The number of anilines is 2. The second-order valence-electron chi connectivity index (χ2n) is 8.92. The van der Waals surface area contributed by atoms with Gasteiger partial charge in [0.1, 0.15) is 11.6 Å². The van der Waals surface area contributed by atoms with E-state index in [9.17, 15) is 14.4 Å². The lowest BCUT2D eigenvalue weighted by atomic mass is 9.93. The molecule has 2 aliphatic rings. The highest BCUT2D eigenvalue weighted by molar-refractivity contribution is 6.01. The van der Waals surface area contributed by atoms with E-state index in [0.717, 1.165) is 37.3 Å². The van der Waals surface area contributed by atoms with Crippen LogP contribution in [0, 0.1) is 5.92 Å². The molecule has 158 valence electrons. The van der Waals surface area contributed by atoms with Gasteiger partial charge in [0.15, 0.2) is 0 Å². The molecule has 1 aromatic rings. The van der Waals surface area contributed by atoms with Gasteiger partial charge in [-0.25, -0.2) is 0 Å². The average Bonchev–Trinajstić information content (AvgIpc) is 2.64. The summed E-state index contributed by atoms with van der Waals surface area (Å²) < 4.78 is 5.43. The van der Waals surface area contributed by atoms with E-state index in [2.05, 4.69) is 15.5 Å². The molecule has 3 rings (SSSR count). The number of nitrogens with one attached hydrogen (secondary N) is 2. The molecule has 0 spiro atoms. The SMILES string of the molecule is CC(C)(C)OC(=O)CC1CCN(c2ccc(NC3CCC(=O)NC3=O)cc2)CC1. The first-order valence-electron chi connectivity index (χ1n) is 10.4. The predicted molar refractivity (Wildman–Crippen MR) is 112 cm³/mol. The van der Waals surface area contributed by atoms with Crippen LogP contribution in [0.2, 0.25) is 0 Å². The molecule has 2 saturated heterocycles. The summed E-state index contributed by atoms with van der Waals surface area (Å²) in [6, 6.07) is 7.64. The Balaban J connectivity index is 1.47. The molecule has 0 bridgehead atoms. The molecule has 1 unspecified atom stereocenters. The van der Waals surface area contributed by atoms with Crippen molar-refractivity contribution in [2.45, 2.75) is 64.5 Å². The fourth-order valence-electron chi connectivity index (χ4n) is 3.82. The number of rotatable bonds is 5. The standard InChI is InChI=1S/C22H31N3O4/c1-22(2,3)29-20(27)14-15-10-12-25(13-11-15)17-6-4-16(5-7-17)23-18-8-9-19(26)24-21(18)28/h4-7,15,18,23H,8-14H2,1-3H3,(H,24,26,28). The molecule has 7 heteroatoms. The Kier molecular flexibility index (Phi) is 6.45. The van der Waals surface area contributed by atoms with Crippen LogP contribution in [0.25, 0.3) is 0 Å². The van der Waals surface area contributed by atoms with Crippen molar-refractivity contribution < 1.29 is 19.1 Å². The number of carbonyl (C=O) groups excluding carboxylic acids is 3. The fourth-order valence-corrected chi connectivity index (χ4v) is 3.82. The van der Waals surface area contributed by atoms with Gasteiger partial charge in [-0.15, -0.1) is 0 Å². The second kappa shape index (κ2) is 8.84. The number of piperidine rings is 2. The lowest BCUT2D eigenvalue weighted by molar-refractivity contribution is -0.156. The molecule has 7 nitrogen and oxygen atoms in total. The zero-order valence-electron chi connectivity index (χ0n) is 17.5. The molecular formula is C22H31N3O4. The van der Waals surface area contributed by atoms with Gasteiger partial charge in [0.2, 0.25) is 11.8 Å². The van der Waals surface area contributed by atoms with Crippen LogP contribution in [-0.2, 0) is 19.1 Å². The Bertz CT molecular complexity index is 746. The normalized spacial score (nSPS) is 20.9. The monoisotopic (exact) mass is 401 g/mol. The van der Waals surface area contributed by atoms with Crippen molar-refractivity contribution >= 4 is 29.2 Å². The second-order valence-corrected chi connectivity index (χ2v) is 8.92. The van der Waals surface area contributed by atoms with Gasteiger partial charge >= 0.3 is 5.97 Å². The summed E-state index contributed by atoms with van der Waals surface area (Å²) in [6.07, 6.45) is 3.29. The van der Waals surface area contributed by atoms with Crippen LogP contribution in [-0.4, -0.2) is 42.5 Å². The Morgan fingerprint density at radius 1 is 1.14 bits per heavy atom. The topological polar surface area (TPSA) is 87.7 Å². The summed E-state index contributed by atoms with van der Waals surface area (Å²) in [5.74, 6) is -0.217. The first kappa shape index (κ1) is 21.1. The first-order chi connectivity index (χ1) is 13.7. The van der Waals surface area contributed by atoms with Gasteiger partial charge in [-0.1, -0.05) is 0 Å². The molecule has 0 aliphatic carbocycles. The number of nitrogens with zero attached hydrogens (tertiary/aromatic N) is 1. The van der Waals surface area contributed by atoms with Crippen LogP contribution in [0.4, 0.5) is 11.4 Å². The zero-order valence-corrected chi connectivity index (χ0v) is 17.5. The third-order valence-corrected chi connectivity index (χ3v) is 5.30. The lowest BCUT2D eigenvalue weighted by Crippen LogP contribution is -2.47. The van der Waals surface area contributed by atoms with Gasteiger partial charge in [-0.05, 0) is 70.2 Å². The van der Waals surface area contributed by atoms with E-state index in [1.54, 1.807) is 0 Å². The van der Waals surface area contributed by atoms with Crippen LogP contribution < -0.4 is 15.5 Å². The van der Waals surface area contributed by atoms with Crippen molar-refractivity contribution in [1.82, 2.24) is 5.32 Å². The van der Waals surface area contributed by atoms with Crippen LogP contribution in [0.5, 0.6) is 0 Å². The number of carbonyl (C=O) groups is 3. The van der Waals surface area contributed by atoms with Crippen molar-refractivity contribution in [3.8, 4) is 0 Å². The molecule has 2 amide bonds. The highest BCUT2D eigenvalue weighted by atomic mass is 16.6. The number of imide groups is 1. The van der Waals surface area contributed by atoms with Crippen LogP contribution >= 0.6 is 0 Å². The fraction of sp³-hybridized carbons (Fsp3) is 0.591. The summed E-state index contributed by atoms with van der Waals surface area (Å²) in [5, 5.41) is 5.56. The lowest BCUT2D eigenvalue weighted by Gasteiger charge is -2.34. The Labute approximate surface area is 172 Å². The van der Waals surface area contributed by atoms with Crippen molar-refractivity contribution in [2.24, 2.45) is 5.92 Å². The van der Waals surface area contributed by atoms with E-state index in [1.165, 1.54) is 0 Å². The summed E-state index contributed by atoms with van der Waals surface area (Å²) in [7, 11) is 0. The average molecular weight is 402 g/mol. The maximum absolute atomic E-state index is 12.0. The van der Waals surface area contributed by atoms with E-state index < -0.39 is 5.60 Å². The number of ether oxygens (including phenoxy) is 1. The van der Waals surface area contributed by atoms with Crippen LogP contribution in [0.15, 0.2) is 24.3 Å². The maximum Gasteiger partial charge on any atom is 0.306 e.